The summed E-state index contributed by atoms with van der Waals surface area (Å²) >= 11 is 1.42. The predicted molar refractivity (Wildman–Crippen MR) is 88.2 cm³/mol. The van der Waals surface area contributed by atoms with Gasteiger partial charge in [0.1, 0.15) is 4.21 Å². The van der Waals surface area contributed by atoms with Crippen molar-refractivity contribution in [2.24, 2.45) is 5.92 Å². The fourth-order valence-electron chi connectivity index (χ4n) is 2.82. The van der Waals surface area contributed by atoms with Crippen molar-refractivity contribution in [2.45, 2.75) is 50.8 Å². The first kappa shape index (κ1) is 16.9. The van der Waals surface area contributed by atoms with E-state index >= 15 is 0 Å². The molecule has 1 unspecified atom stereocenters. The van der Waals surface area contributed by atoms with E-state index < -0.39 is 10.0 Å². The lowest BCUT2D eigenvalue weighted by Gasteiger charge is -2.15. The Hall–Kier alpha value is -0.430. The van der Waals surface area contributed by atoms with Gasteiger partial charge in [-0.05, 0) is 43.9 Å². The lowest BCUT2D eigenvalue weighted by atomic mass is 10.0. The maximum atomic E-state index is 12.7. The van der Waals surface area contributed by atoms with Crippen LogP contribution < -0.4 is 5.32 Å². The molecule has 0 amide bonds. The molecule has 0 aliphatic carbocycles. The molecule has 21 heavy (non-hydrogen) atoms. The number of hydrogen-bond donors (Lipinski definition) is 1. The van der Waals surface area contributed by atoms with Gasteiger partial charge in [0.05, 0.1) is 0 Å². The van der Waals surface area contributed by atoms with Crippen molar-refractivity contribution in [2.75, 3.05) is 19.6 Å². The molecular weight excluding hydrogens is 304 g/mol. The van der Waals surface area contributed by atoms with Crippen LogP contribution in [0.4, 0.5) is 0 Å². The van der Waals surface area contributed by atoms with Crippen molar-refractivity contribution >= 4 is 21.4 Å². The average Bonchev–Trinajstić information content (AvgIpc) is 3.05. The number of rotatable bonds is 7. The second kappa shape index (κ2) is 7.22. The summed E-state index contributed by atoms with van der Waals surface area (Å²) in [6.07, 6.45) is 3.26. The van der Waals surface area contributed by atoms with Crippen molar-refractivity contribution in [1.82, 2.24) is 9.62 Å². The first-order valence-electron chi connectivity index (χ1n) is 7.79. The molecular formula is C15H26N2O2S2. The Kier molecular flexibility index (Phi) is 5.82. The normalized spacial score (nSPS) is 20.2. The molecule has 1 aliphatic rings. The van der Waals surface area contributed by atoms with Gasteiger partial charge in [-0.15, -0.1) is 11.3 Å². The molecule has 1 aromatic rings. The molecule has 1 aliphatic heterocycles. The quantitative estimate of drug-likeness (QED) is 0.836. The van der Waals surface area contributed by atoms with Crippen LogP contribution in [0.15, 0.2) is 10.3 Å². The van der Waals surface area contributed by atoms with Gasteiger partial charge < -0.3 is 5.32 Å². The van der Waals surface area contributed by atoms with Crippen LogP contribution in [-0.4, -0.2) is 32.4 Å². The monoisotopic (exact) mass is 330 g/mol. The van der Waals surface area contributed by atoms with E-state index in [1.54, 1.807) is 4.31 Å². The van der Waals surface area contributed by atoms with Crippen LogP contribution in [0.3, 0.4) is 0 Å². The Balaban J connectivity index is 2.13. The second-order valence-corrected chi connectivity index (χ2v) is 9.06. The minimum absolute atomic E-state index is 0.505. The fraction of sp³-hybridized carbons (Fsp3) is 0.733. The second-order valence-electron chi connectivity index (χ2n) is 5.76. The molecule has 1 saturated heterocycles. The number of sulfonamides is 1. The number of nitrogens with one attached hydrogen (secondary N) is 1. The molecule has 1 N–H and O–H groups in total. The van der Waals surface area contributed by atoms with Crippen molar-refractivity contribution < 1.29 is 8.42 Å². The van der Waals surface area contributed by atoms with E-state index in [1.807, 2.05) is 13.0 Å². The van der Waals surface area contributed by atoms with Crippen LogP contribution in [0.25, 0.3) is 0 Å². The zero-order valence-electron chi connectivity index (χ0n) is 13.2. The fourth-order valence-corrected chi connectivity index (χ4v) is 6.06. The summed E-state index contributed by atoms with van der Waals surface area (Å²) in [6.45, 7) is 9.21. The minimum Gasteiger partial charge on any atom is -0.312 e. The molecule has 0 spiro atoms. The molecule has 6 heteroatoms. The summed E-state index contributed by atoms with van der Waals surface area (Å²) in [4.78, 5) is 1.12. The summed E-state index contributed by atoms with van der Waals surface area (Å²) in [5.41, 5.74) is 1.07. The van der Waals surface area contributed by atoms with Crippen LogP contribution in [0.5, 0.6) is 0 Å². The smallest absolute Gasteiger partial charge is 0.252 e. The number of nitrogens with zero attached hydrogens (tertiary/aromatic N) is 1. The molecule has 1 aromatic heterocycles. The maximum Gasteiger partial charge on any atom is 0.252 e. The van der Waals surface area contributed by atoms with E-state index in [9.17, 15) is 8.42 Å². The largest absolute Gasteiger partial charge is 0.312 e. The molecule has 1 atom stereocenters. The Morgan fingerprint density at radius 1 is 1.43 bits per heavy atom. The van der Waals surface area contributed by atoms with Crippen molar-refractivity contribution in [3.05, 3.63) is 16.5 Å². The third-order valence-corrected chi connectivity index (χ3v) is 7.62. The van der Waals surface area contributed by atoms with Gasteiger partial charge in [-0.3, -0.25) is 0 Å². The van der Waals surface area contributed by atoms with Gasteiger partial charge in [-0.2, -0.15) is 4.31 Å². The third-order valence-electron chi connectivity index (χ3n) is 4.07. The predicted octanol–water partition coefficient (Wildman–Crippen LogP) is 2.98. The van der Waals surface area contributed by atoms with Gasteiger partial charge >= 0.3 is 0 Å². The first-order valence-corrected chi connectivity index (χ1v) is 10.0. The third kappa shape index (κ3) is 3.86. The standard InChI is InChI=1S/C15H26N2O2S2/c1-4-6-13-7-8-17(11-13)21(18,19)15-9-12(3)14(20-15)10-16-5-2/h9,13,16H,4-8,10-11H2,1-3H3. The van der Waals surface area contributed by atoms with Crippen LogP contribution >= 0.6 is 11.3 Å². The Bertz CT molecular complexity index is 566. The van der Waals surface area contributed by atoms with E-state index in [0.717, 1.165) is 42.8 Å². The lowest BCUT2D eigenvalue weighted by Crippen LogP contribution is -2.28. The highest BCUT2D eigenvalue weighted by atomic mass is 32.2. The number of aryl methyl sites for hydroxylation is 1. The summed E-state index contributed by atoms with van der Waals surface area (Å²) in [6, 6.07) is 1.83. The van der Waals surface area contributed by atoms with E-state index in [4.69, 9.17) is 0 Å². The van der Waals surface area contributed by atoms with Crippen LogP contribution in [-0.2, 0) is 16.6 Å². The molecule has 4 nitrogen and oxygen atoms in total. The van der Waals surface area contributed by atoms with Gasteiger partial charge in [0, 0.05) is 24.5 Å². The summed E-state index contributed by atoms with van der Waals surface area (Å²) in [5, 5.41) is 3.27. The van der Waals surface area contributed by atoms with Crippen molar-refractivity contribution in [3.63, 3.8) is 0 Å². The van der Waals surface area contributed by atoms with E-state index in [1.165, 1.54) is 11.3 Å². The van der Waals surface area contributed by atoms with Crippen LogP contribution in [0.2, 0.25) is 0 Å². The van der Waals surface area contributed by atoms with Gasteiger partial charge in [0.15, 0.2) is 0 Å². The van der Waals surface area contributed by atoms with E-state index in [0.29, 0.717) is 23.2 Å². The van der Waals surface area contributed by atoms with E-state index in [-0.39, 0.29) is 0 Å². The van der Waals surface area contributed by atoms with Gasteiger partial charge in [-0.25, -0.2) is 8.42 Å². The van der Waals surface area contributed by atoms with Crippen LogP contribution in [0, 0.1) is 12.8 Å². The molecule has 1 fully saturated rings. The summed E-state index contributed by atoms with van der Waals surface area (Å²) < 4.78 is 27.7. The lowest BCUT2D eigenvalue weighted by molar-refractivity contribution is 0.446. The topological polar surface area (TPSA) is 49.4 Å². The Labute approximate surface area is 132 Å². The van der Waals surface area contributed by atoms with Gasteiger partial charge in [-0.1, -0.05) is 20.3 Å². The molecule has 0 saturated carbocycles. The Morgan fingerprint density at radius 3 is 2.86 bits per heavy atom. The van der Waals surface area contributed by atoms with Gasteiger partial charge in [0.25, 0.3) is 10.0 Å². The maximum absolute atomic E-state index is 12.7. The number of thiophene rings is 1. The van der Waals surface area contributed by atoms with Crippen molar-refractivity contribution in [3.8, 4) is 0 Å². The molecule has 120 valence electrons. The molecule has 0 radical (unpaired) electrons. The SMILES string of the molecule is CCCC1CCN(S(=O)(=O)c2cc(C)c(CNCC)s2)C1. The molecule has 0 bridgehead atoms. The zero-order chi connectivity index (χ0) is 15.5. The Morgan fingerprint density at radius 2 is 2.19 bits per heavy atom. The molecule has 2 heterocycles. The minimum atomic E-state index is -3.29. The van der Waals surface area contributed by atoms with Gasteiger partial charge in [0.2, 0.25) is 0 Å². The molecule has 0 aromatic carbocycles. The summed E-state index contributed by atoms with van der Waals surface area (Å²) in [5.74, 6) is 0.534. The highest BCUT2D eigenvalue weighted by molar-refractivity contribution is 7.91. The highest BCUT2D eigenvalue weighted by Gasteiger charge is 2.33. The molecule has 2 rings (SSSR count). The summed E-state index contributed by atoms with van der Waals surface area (Å²) in [7, 11) is -3.29. The first-order chi connectivity index (χ1) is 9.98. The zero-order valence-corrected chi connectivity index (χ0v) is 14.8. The van der Waals surface area contributed by atoms with Crippen molar-refractivity contribution in [1.29, 1.82) is 0 Å². The highest BCUT2D eigenvalue weighted by Crippen LogP contribution is 2.32. The van der Waals surface area contributed by atoms with E-state index in [2.05, 4.69) is 19.2 Å². The number of hydrogen-bond acceptors (Lipinski definition) is 4. The van der Waals surface area contributed by atoms with Crippen LogP contribution in [0.1, 0.15) is 43.6 Å². The average molecular weight is 331 g/mol.